The third-order valence-electron chi connectivity index (χ3n) is 4.14. The number of aryl methyl sites for hydroxylation is 1. The van der Waals surface area contributed by atoms with Crippen molar-refractivity contribution in [1.82, 2.24) is 0 Å². The third-order valence-corrected chi connectivity index (χ3v) is 4.14. The van der Waals surface area contributed by atoms with Gasteiger partial charge < -0.3 is 4.74 Å². The van der Waals surface area contributed by atoms with Crippen LogP contribution in [0.4, 0.5) is 0 Å². The Balaban J connectivity index is 1.94. The average molecular weight is 293 g/mol. The van der Waals surface area contributed by atoms with Gasteiger partial charge in [-0.05, 0) is 24.5 Å². The van der Waals surface area contributed by atoms with Crippen LogP contribution in [-0.2, 0) is 9.53 Å². The van der Waals surface area contributed by atoms with E-state index in [4.69, 9.17) is 4.74 Å². The van der Waals surface area contributed by atoms with Gasteiger partial charge in [0.15, 0.2) is 6.04 Å². The summed E-state index contributed by atoms with van der Waals surface area (Å²) < 4.78 is 4.94. The van der Waals surface area contributed by atoms with Gasteiger partial charge in [0.2, 0.25) is 0 Å². The first kappa shape index (κ1) is 14.5. The predicted octanol–water partition coefficient (Wildman–Crippen LogP) is 3.51. The second-order valence-corrected chi connectivity index (χ2v) is 5.63. The van der Waals surface area contributed by atoms with E-state index in [1.807, 2.05) is 30.3 Å². The van der Waals surface area contributed by atoms with Crippen LogP contribution in [0.5, 0.6) is 0 Å². The summed E-state index contributed by atoms with van der Waals surface area (Å²) >= 11 is 0. The minimum atomic E-state index is -0.455. The number of nitrogens with zero attached hydrogens (tertiary/aromatic N) is 1. The van der Waals surface area contributed by atoms with Crippen LogP contribution in [0.1, 0.15) is 29.0 Å². The van der Waals surface area contributed by atoms with Crippen LogP contribution in [0.3, 0.4) is 0 Å². The molecule has 3 heteroatoms. The summed E-state index contributed by atoms with van der Waals surface area (Å²) in [4.78, 5) is 16.8. The van der Waals surface area contributed by atoms with E-state index in [1.54, 1.807) is 0 Å². The lowest BCUT2D eigenvalue weighted by molar-refractivity contribution is -0.142. The molecule has 1 heterocycles. The van der Waals surface area contributed by atoms with E-state index in [-0.39, 0.29) is 11.9 Å². The molecular formula is C19H19NO2. The molecule has 0 bridgehead atoms. The number of rotatable bonds is 3. The maximum atomic E-state index is 12.1. The first-order valence-corrected chi connectivity index (χ1v) is 7.45. The third kappa shape index (κ3) is 2.80. The van der Waals surface area contributed by atoms with Crippen LogP contribution in [0.25, 0.3) is 0 Å². The lowest BCUT2D eigenvalue weighted by Gasteiger charge is -2.16. The molecule has 0 radical (unpaired) electrons. The number of ether oxygens (including phenoxy) is 1. The molecule has 1 aliphatic heterocycles. The fourth-order valence-electron chi connectivity index (χ4n) is 2.91. The molecule has 3 rings (SSSR count). The van der Waals surface area contributed by atoms with Gasteiger partial charge in [-0.3, -0.25) is 4.99 Å². The fourth-order valence-corrected chi connectivity index (χ4v) is 2.91. The Morgan fingerprint density at radius 1 is 1.09 bits per heavy atom. The Bertz CT molecular complexity index is 689. The van der Waals surface area contributed by atoms with Gasteiger partial charge in [0.1, 0.15) is 0 Å². The van der Waals surface area contributed by atoms with Gasteiger partial charge in [0.05, 0.1) is 7.11 Å². The highest BCUT2D eigenvalue weighted by Crippen LogP contribution is 2.34. The maximum absolute atomic E-state index is 12.1. The molecule has 0 N–H and O–H groups in total. The predicted molar refractivity (Wildman–Crippen MR) is 87.3 cm³/mol. The molecule has 112 valence electrons. The maximum Gasteiger partial charge on any atom is 0.331 e. The molecule has 2 atom stereocenters. The fraction of sp³-hybridized carbons (Fsp3) is 0.263. The van der Waals surface area contributed by atoms with Gasteiger partial charge in [0.25, 0.3) is 0 Å². The number of hydrogen-bond acceptors (Lipinski definition) is 3. The molecule has 22 heavy (non-hydrogen) atoms. The van der Waals surface area contributed by atoms with Gasteiger partial charge in [-0.2, -0.15) is 0 Å². The SMILES string of the molecule is COC(=O)[C@@H]1N=C(c2ccc(C)cc2)C[C@@H]1c1ccccc1. The van der Waals surface area contributed by atoms with Crippen LogP contribution in [0, 0.1) is 6.92 Å². The van der Waals surface area contributed by atoms with Crippen molar-refractivity contribution < 1.29 is 9.53 Å². The molecule has 0 saturated heterocycles. The summed E-state index contributed by atoms with van der Waals surface area (Å²) in [6, 6.07) is 17.9. The highest BCUT2D eigenvalue weighted by Gasteiger charge is 2.36. The van der Waals surface area contributed by atoms with Crippen molar-refractivity contribution in [3.63, 3.8) is 0 Å². The molecule has 3 nitrogen and oxygen atoms in total. The number of esters is 1. The second kappa shape index (κ2) is 6.14. The highest BCUT2D eigenvalue weighted by atomic mass is 16.5. The lowest BCUT2D eigenvalue weighted by Crippen LogP contribution is -2.24. The van der Waals surface area contributed by atoms with Gasteiger partial charge in [0, 0.05) is 11.6 Å². The molecule has 2 aromatic carbocycles. The van der Waals surface area contributed by atoms with E-state index in [0.717, 1.165) is 23.3 Å². The molecule has 1 aliphatic rings. The van der Waals surface area contributed by atoms with Gasteiger partial charge in [-0.1, -0.05) is 60.2 Å². The number of carbonyl (C=O) groups is 1. The van der Waals surface area contributed by atoms with Crippen LogP contribution in [-0.4, -0.2) is 24.8 Å². The monoisotopic (exact) mass is 293 g/mol. The summed E-state index contributed by atoms with van der Waals surface area (Å²) in [5.41, 5.74) is 4.40. The van der Waals surface area contributed by atoms with Crippen molar-refractivity contribution >= 4 is 11.7 Å². The minimum absolute atomic E-state index is 0.0463. The van der Waals surface area contributed by atoms with Crippen LogP contribution >= 0.6 is 0 Å². The Kier molecular flexibility index (Phi) is 4.05. The largest absolute Gasteiger partial charge is 0.467 e. The van der Waals surface area contributed by atoms with Crippen molar-refractivity contribution in [2.24, 2.45) is 4.99 Å². The average Bonchev–Trinajstić information content (AvgIpc) is 3.01. The Labute approximate surface area is 130 Å². The Morgan fingerprint density at radius 2 is 1.77 bits per heavy atom. The van der Waals surface area contributed by atoms with E-state index in [0.29, 0.717) is 0 Å². The Morgan fingerprint density at radius 3 is 2.41 bits per heavy atom. The minimum Gasteiger partial charge on any atom is -0.467 e. The lowest BCUT2D eigenvalue weighted by atomic mass is 9.89. The quantitative estimate of drug-likeness (QED) is 0.812. The van der Waals surface area contributed by atoms with Gasteiger partial charge >= 0.3 is 5.97 Å². The zero-order valence-electron chi connectivity index (χ0n) is 12.8. The number of benzene rings is 2. The van der Waals surface area contributed by atoms with Crippen LogP contribution in [0.15, 0.2) is 59.6 Å². The van der Waals surface area contributed by atoms with Crippen molar-refractivity contribution in [3.8, 4) is 0 Å². The molecule has 0 amide bonds. The smallest absolute Gasteiger partial charge is 0.331 e. The van der Waals surface area contributed by atoms with Crippen molar-refractivity contribution in [3.05, 3.63) is 71.3 Å². The number of methoxy groups -OCH3 is 1. The summed E-state index contributed by atoms with van der Waals surface area (Å²) in [6.07, 6.45) is 0.757. The van der Waals surface area contributed by atoms with E-state index >= 15 is 0 Å². The first-order chi connectivity index (χ1) is 10.7. The molecule has 0 fully saturated rings. The highest BCUT2D eigenvalue weighted by molar-refractivity contribution is 6.04. The Hall–Kier alpha value is -2.42. The summed E-state index contributed by atoms with van der Waals surface area (Å²) in [7, 11) is 1.42. The topological polar surface area (TPSA) is 38.7 Å². The van der Waals surface area contributed by atoms with Crippen molar-refractivity contribution in [2.45, 2.75) is 25.3 Å². The molecule has 0 aromatic heterocycles. The molecule has 0 saturated carbocycles. The second-order valence-electron chi connectivity index (χ2n) is 5.63. The van der Waals surface area contributed by atoms with Gasteiger partial charge in [-0.25, -0.2) is 4.79 Å². The standard InChI is InChI=1S/C19H19NO2/c1-13-8-10-15(11-9-13)17-12-16(14-6-4-3-5-7-14)18(20-17)19(21)22-2/h3-11,16,18H,12H2,1-2H3/t16-,18-/m1/s1. The van der Waals surface area contributed by atoms with E-state index < -0.39 is 6.04 Å². The molecule has 0 spiro atoms. The normalized spacial score (nSPS) is 20.5. The number of aliphatic imine (C=N–C) groups is 1. The summed E-state index contributed by atoms with van der Waals surface area (Å²) in [5, 5.41) is 0. The van der Waals surface area contributed by atoms with Crippen molar-refractivity contribution in [1.29, 1.82) is 0 Å². The number of carbonyl (C=O) groups excluding carboxylic acids is 1. The van der Waals surface area contributed by atoms with E-state index in [2.05, 4.69) is 36.2 Å². The van der Waals surface area contributed by atoms with Gasteiger partial charge in [-0.15, -0.1) is 0 Å². The van der Waals surface area contributed by atoms with Crippen LogP contribution < -0.4 is 0 Å². The first-order valence-electron chi connectivity index (χ1n) is 7.45. The zero-order chi connectivity index (χ0) is 15.5. The summed E-state index contributed by atoms with van der Waals surface area (Å²) in [6.45, 7) is 2.06. The zero-order valence-corrected chi connectivity index (χ0v) is 12.8. The molecule has 0 unspecified atom stereocenters. The molecule has 0 aliphatic carbocycles. The van der Waals surface area contributed by atoms with Crippen LogP contribution in [0.2, 0.25) is 0 Å². The molecule has 2 aromatic rings. The molecular weight excluding hydrogens is 274 g/mol. The van der Waals surface area contributed by atoms with E-state index in [1.165, 1.54) is 12.7 Å². The van der Waals surface area contributed by atoms with Crippen molar-refractivity contribution in [2.75, 3.05) is 7.11 Å². The van der Waals surface area contributed by atoms with E-state index in [9.17, 15) is 4.79 Å². The summed E-state index contributed by atoms with van der Waals surface area (Å²) in [5.74, 6) is -0.221. The number of hydrogen-bond donors (Lipinski definition) is 0.